The summed E-state index contributed by atoms with van der Waals surface area (Å²) in [6.07, 6.45) is 5.13. The molecule has 3 nitrogen and oxygen atoms in total. The Bertz CT molecular complexity index is 615. The molecule has 1 aromatic carbocycles. The zero-order valence-corrected chi connectivity index (χ0v) is 15.9. The van der Waals surface area contributed by atoms with Gasteiger partial charge in [0.2, 0.25) is 0 Å². The van der Waals surface area contributed by atoms with E-state index >= 15 is 0 Å². The van der Waals surface area contributed by atoms with Gasteiger partial charge in [-0.15, -0.1) is 0 Å². The molecule has 0 radical (unpaired) electrons. The molecule has 2 atom stereocenters. The fourth-order valence-corrected chi connectivity index (χ4v) is 4.17. The third-order valence-electron chi connectivity index (χ3n) is 5.63. The normalized spacial score (nSPS) is 25.1. The zero-order chi connectivity index (χ0) is 17.8. The summed E-state index contributed by atoms with van der Waals surface area (Å²) in [5.41, 5.74) is 5.09. The lowest BCUT2D eigenvalue weighted by Crippen LogP contribution is -2.50. The predicted octanol–water partition coefficient (Wildman–Crippen LogP) is 4.27. The minimum atomic E-state index is 0.256. The van der Waals surface area contributed by atoms with Crippen LogP contribution in [0.3, 0.4) is 0 Å². The molecule has 25 heavy (non-hydrogen) atoms. The molecule has 2 unspecified atom stereocenters. The number of rotatable bonds is 5. The number of likely N-dealkylation sites (tertiary alicyclic amines) is 1. The van der Waals surface area contributed by atoms with Crippen molar-refractivity contribution in [2.45, 2.75) is 64.7 Å². The summed E-state index contributed by atoms with van der Waals surface area (Å²) in [5.74, 6) is 0. The number of hydrogen-bond acceptors (Lipinski definition) is 3. The second kappa shape index (κ2) is 8.09. The van der Waals surface area contributed by atoms with E-state index in [0.717, 1.165) is 25.2 Å². The van der Waals surface area contributed by atoms with Gasteiger partial charge in [0, 0.05) is 24.5 Å². The summed E-state index contributed by atoms with van der Waals surface area (Å²) in [6, 6.07) is 9.68. The van der Waals surface area contributed by atoms with E-state index in [1.807, 2.05) is 0 Å². The van der Waals surface area contributed by atoms with Crippen molar-refractivity contribution < 1.29 is 0 Å². The molecule has 1 aromatic rings. The first kappa shape index (κ1) is 18.1. The molecule has 3 heteroatoms. The van der Waals surface area contributed by atoms with Gasteiger partial charge in [-0.25, -0.2) is 0 Å². The van der Waals surface area contributed by atoms with Crippen LogP contribution < -0.4 is 5.32 Å². The van der Waals surface area contributed by atoms with Crippen molar-refractivity contribution in [3.05, 3.63) is 59.9 Å². The highest BCUT2D eigenvalue weighted by atomic mass is 15.2. The first-order valence-electron chi connectivity index (χ1n) is 9.79. The maximum Gasteiger partial charge on any atom is 0.0681 e. The van der Waals surface area contributed by atoms with Crippen molar-refractivity contribution in [2.75, 3.05) is 13.1 Å². The molecule has 2 aliphatic rings. The molecular weight excluding hydrogens is 306 g/mol. The van der Waals surface area contributed by atoms with Gasteiger partial charge < -0.3 is 10.2 Å². The Balaban J connectivity index is 1.71. The number of nitrogens with one attached hydrogen (secondary N) is 1. The van der Waals surface area contributed by atoms with Crippen LogP contribution in [0.25, 0.3) is 0 Å². The van der Waals surface area contributed by atoms with Gasteiger partial charge in [-0.2, -0.15) is 0 Å². The maximum absolute atomic E-state index is 4.34. The molecule has 0 saturated carbocycles. The third-order valence-corrected chi connectivity index (χ3v) is 5.63. The van der Waals surface area contributed by atoms with Gasteiger partial charge in [0.05, 0.1) is 12.1 Å². The predicted molar refractivity (Wildman–Crippen MR) is 106 cm³/mol. The van der Waals surface area contributed by atoms with Crippen molar-refractivity contribution in [3.8, 4) is 0 Å². The number of nitrogens with zero attached hydrogens (tertiary/aromatic N) is 2. The van der Waals surface area contributed by atoms with Gasteiger partial charge in [0.15, 0.2) is 0 Å². The van der Waals surface area contributed by atoms with E-state index in [1.54, 1.807) is 0 Å². The molecule has 0 spiro atoms. The van der Waals surface area contributed by atoms with E-state index in [0.29, 0.717) is 6.04 Å². The lowest BCUT2D eigenvalue weighted by molar-refractivity contribution is 0.210. The van der Waals surface area contributed by atoms with E-state index in [4.69, 9.17) is 0 Å². The highest BCUT2D eigenvalue weighted by Gasteiger charge is 2.29. The van der Waals surface area contributed by atoms with Gasteiger partial charge in [0.1, 0.15) is 0 Å². The molecular formula is C22H33N3. The summed E-state index contributed by atoms with van der Waals surface area (Å²) in [6.45, 7) is 17.4. The fourth-order valence-electron chi connectivity index (χ4n) is 4.17. The minimum Gasteiger partial charge on any atom is -0.379 e. The molecule has 2 fully saturated rings. The number of piperazine rings is 1. The highest BCUT2D eigenvalue weighted by Crippen LogP contribution is 2.27. The molecule has 2 heterocycles. The van der Waals surface area contributed by atoms with Crippen LogP contribution in [0.1, 0.15) is 50.7 Å². The van der Waals surface area contributed by atoms with Crippen LogP contribution in [0.2, 0.25) is 0 Å². The van der Waals surface area contributed by atoms with Crippen molar-refractivity contribution >= 4 is 0 Å². The molecule has 0 aromatic heterocycles. The van der Waals surface area contributed by atoms with E-state index in [-0.39, 0.29) is 6.04 Å². The van der Waals surface area contributed by atoms with E-state index in [1.165, 1.54) is 49.2 Å². The summed E-state index contributed by atoms with van der Waals surface area (Å²) in [7, 11) is 0. The Morgan fingerprint density at radius 1 is 1.08 bits per heavy atom. The highest BCUT2D eigenvalue weighted by molar-refractivity contribution is 5.27. The summed E-state index contributed by atoms with van der Waals surface area (Å²) in [5, 5.41) is 3.47. The Morgan fingerprint density at radius 2 is 1.76 bits per heavy atom. The Hall–Kier alpha value is -1.74. The van der Waals surface area contributed by atoms with Gasteiger partial charge in [-0.05, 0) is 50.4 Å². The average Bonchev–Trinajstić information content (AvgIpc) is 2.61. The summed E-state index contributed by atoms with van der Waals surface area (Å²) < 4.78 is 0. The van der Waals surface area contributed by atoms with Crippen molar-refractivity contribution in [1.82, 2.24) is 15.1 Å². The smallest absolute Gasteiger partial charge is 0.0681 e. The third kappa shape index (κ3) is 4.27. The molecule has 3 rings (SSSR count). The molecule has 1 N–H and O–H groups in total. The van der Waals surface area contributed by atoms with Crippen LogP contribution >= 0.6 is 0 Å². The Kier molecular flexibility index (Phi) is 5.85. The van der Waals surface area contributed by atoms with Crippen molar-refractivity contribution in [2.24, 2.45) is 0 Å². The average molecular weight is 340 g/mol. The van der Waals surface area contributed by atoms with E-state index in [2.05, 4.69) is 66.4 Å². The molecule has 2 saturated heterocycles. The fraction of sp³-hybridized carbons (Fsp3) is 0.545. The Labute approximate surface area is 153 Å². The number of piperidine rings is 1. The standard InChI is InChI=1S/C22H33N3/c1-5-22-18(3)23-17(2)19(4)25(22)16-21-11-9-10-20(14-21)15-24-12-7-6-8-13-24/h9-11,14,17,22-23H,3-8,12-13,15-16H2,1-2H3. The van der Waals surface area contributed by atoms with Crippen LogP contribution in [0, 0.1) is 0 Å². The molecule has 0 bridgehead atoms. The van der Waals surface area contributed by atoms with Crippen molar-refractivity contribution in [1.29, 1.82) is 0 Å². The molecule has 0 aliphatic carbocycles. The quantitative estimate of drug-likeness (QED) is 0.864. The zero-order valence-electron chi connectivity index (χ0n) is 15.9. The van der Waals surface area contributed by atoms with E-state index in [9.17, 15) is 0 Å². The molecule has 136 valence electrons. The molecule has 0 amide bonds. The summed E-state index contributed by atoms with van der Waals surface area (Å²) in [4.78, 5) is 5.02. The summed E-state index contributed by atoms with van der Waals surface area (Å²) >= 11 is 0. The van der Waals surface area contributed by atoms with Crippen LogP contribution in [0.5, 0.6) is 0 Å². The van der Waals surface area contributed by atoms with Crippen molar-refractivity contribution in [3.63, 3.8) is 0 Å². The number of hydrogen-bond donors (Lipinski definition) is 1. The van der Waals surface area contributed by atoms with Gasteiger partial charge in [-0.1, -0.05) is 50.8 Å². The van der Waals surface area contributed by atoms with Crippen LogP contribution in [0.4, 0.5) is 0 Å². The SMILES string of the molecule is C=C1NC(C)C(=C)N(Cc2cccc(CN3CCCCC3)c2)C1CC. The minimum absolute atomic E-state index is 0.256. The van der Waals surface area contributed by atoms with E-state index < -0.39 is 0 Å². The van der Waals surface area contributed by atoms with Crippen LogP contribution in [-0.2, 0) is 13.1 Å². The Morgan fingerprint density at radius 3 is 2.44 bits per heavy atom. The lowest BCUT2D eigenvalue weighted by Gasteiger charge is -2.44. The first-order valence-corrected chi connectivity index (χ1v) is 9.79. The second-order valence-electron chi connectivity index (χ2n) is 7.59. The van der Waals surface area contributed by atoms with Gasteiger partial charge in [-0.3, -0.25) is 4.90 Å². The topological polar surface area (TPSA) is 18.5 Å². The largest absolute Gasteiger partial charge is 0.379 e. The maximum atomic E-state index is 4.34. The monoisotopic (exact) mass is 339 g/mol. The lowest BCUT2D eigenvalue weighted by atomic mass is 10.00. The van der Waals surface area contributed by atoms with Crippen LogP contribution in [-0.4, -0.2) is 35.0 Å². The van der Waals surface area contributed by atoms with Crippen LogP contribution in [0.15, 0.2) is 48.8 Å². The first-order chi connectivity index (χ1) is 12.1. The van der Waals surface area contributed by atoms with Gasteiger partial charge >= 0.3 is 0 Å². The molecule has 2 aliphatic heterocycles. The van der Waals surface area contributed by atoms with Gasteiger partial charge in [0.25, 0.3) is 0 Å². The second-order valence-corrected chi connectivity index (χ2v) is 7.59. The number of benzene rings is 1.